The summed E-state index contributed by atoms with van der Waals surface area (Å²) >= 11 is 0. The van der Waals surface area contributed by atoms with Crippen molar-refractivity contribution in [2.24, 2.45) is 0 Å². The third kappa shape index (κ3) is 4.38. The van der Waals surface area contributed by atoms with Crippen molar-refractivity contribution in [3.05, 3.63) is 120 Å². The molecule has 2 amide bonds. The summed E-state index contributed by atoms with van der Waals surface area (Å²) in [6.07, 6.45) is 1.87. The van der Waals surface area contributed by atoms with Crippen molar-refractivity contribution in [3.63, 3.8) is 0 Å². The van der Waals surface area contributed by atoms with Crippen molar-refractivity contribution in [3.8, 4) is 16.9 Å². The molecule has 2 heterocycles. The molecule has 0 fully saturated rings. The molecule has 0 saturated heterocycles. The molecular weight excluding hydrogens is 452 g/mol. The highest BCUT2D eigenvalue weighted by molar-refractivity contribution is 5.95. The van der Waals surface area contributed by atoms with Crippen LogP contribution in [0.3, 0.4) is 0 Å². The molecule has 4 aromatic rings. The second-order valence-corrected chi connectivity index (χ2v) is 8.52. The Bertz CT molecular complexity index is 1410. The summed E-state index contributed by atoms with van der Waals surface area (Å²) < 4.78 is 6.95. The largest absolute Gasteiger partial charge is 0.466 e. The van der Waals surface area contributed by atoms with E-state index in [4.69, 9.17) is 9.84 Å². The monoisotopic (exact) mass is 478 g/mol. The predicted octanol–water partition coefficient (Wildman–Crippen LogP) is 5.25. The SMILES string of the molecule is COC(=O)C1=C(C)N(Cc2ccccc2)C(=O)N[C@H]1c1cn(-c2ccccc2)nc1-c1ccccc1. The molecule has 0 aliphatic carbocycles. The van der Waals surface area contributed by atoms with Crippen LogP contribution < -0.4 is 5.32 Å². The van der Waals surface area contributed by atoms with Gasteiger partial charge < -0.3 is 10.1 Å². The Labute approximate surface area is 209 Å². The molecule has 0 bridgehead atoms. The lowest BCUT2D eigenvalue weighted by atomic mass is 9.93. The van der Waals surface area contributed by atoms with Crippen LogP contribution in [-0.4, -0.2) is 33.8 Å². The topological polar surface area (TPSA) is 76.5 Å². The van der Waals surface area contributed by atoms with Gasteiger partial charge in [0.15, 0.2) is 0 Å². The zero-order valence-electron chi connectivity index (χ0n) is 20.1. The molecule has 36 heavy (non-hydrogen) atoms. The van der Waals surface area contributed by atoms with E-state index < -0.39 is 12.0 Å². The maximum Gasteiger partial charge on any atom is 0.337 e. The summed E-state index contributed by atoms with van der Waals surface area (Å²) in [4.78, 5) is 28.1. The molecule has 1 aliphatic rings. The van der Waals surface area contributed by atoms with Gasteiger partial charge in [0, 0.05) is 23.0 Å². The first-order valence-corrected chi connectivity index (χ1v) is 11.7. The minimum absolute atomic E-state index is 0.291. The Morgan fingerprint density at radius 1 is 0.944 bits per heavy atom. The molecule has 0 saturated carbocycles. The number of esters is 1. The second-order valence-electron chi connectivity index (χ2n) is 8.52. The Morgan fingerprint density at radius 2 is 1.56 bits per heavy atom. The van der Waals surface area contributed by atoms with Gasteiger partial charge in [-0.05, 0) is 24.6 Å². The lowest BCUT2D eigenvalue weighted by molar-refractivity contribution is -0.136. The van der Waals surface area contributed by atoms with Gasteiger partial charge in [-0.3, -0.25) is 4.90 Å². The maximum atomic E-state index is 13.4. The lowest BCUT2D eigenvalue weighted by Gasteiger charge is -2.35. The molecular formula is C29H26N4O3. The number of nitrogens with zero attached hydrogens (tertiary/aromatic N) is 3. The number of carbonyl (C=O) groups is 2. The van der Waals surface area contributed by atoms with Crippen molar-refractivity contribution < 1.29 is 14.3 Å². The highest BCUT2D eigenvalue weighted by Gasteiger charge is 2.38. The van der Waals surface area contributed by atoms with Crippen LogP contribution in [0, 0.1) is 0 Å². The van der Waals surface area contributed by atoms with Crippen LogP contribution >= 0.6 is 0 Å². The van der Waals surface area contributed by atoms with Crippen LogP contribution in [0.2, 0.25) is 0 Å². The summed E-state index contributed by atoms with van der Waals surface area (Å²) in [6.45, 7) is 2.12. The van der Waals surface area contributed by atoms with E-state index in [1.807, 2.05) is 97.2 Å². The number of urea groups is 1. The van der Waals surface area contributed by atoms with Gasteiger partial charge in [-0.2, -0.15) is 5.10 Å². The highest BCUT2D eigenvalue weighted by Crippen LogP contribution is 2.37. The Balaban J connectivity index is 1.65. The van der Waals surface area contributed by atoms with Crippen LogP contribution in [0.5, 0.6) is 0 Å². The number of methoxy groups -OCH3 is 1. The van der Waals surface area contributed by atoms with Crippen LogP contribution in [0.15, 0.2) is 108 Å². The first-order valence-electron chi connectivity index (χ1n) is 11.7. The molecule has 1 aliphatic heterocycles. The van der Waals surface area contributed by atoms with Crippen molar-refractivity contribution in [1.29, 1.82) is 0 Å². The van der Waals surface area contributed by atoms with Gasteiger partial charge in [-0.1, -0.05) is 78.9 Å². The highest BCUT2D eigenvalue weighted by atomic mass is 16.5. The minimum atomic E-state index is -0.732. The molecule has 1 atom stereocenters. The zero-order chi connectivity index (χ0) is 25.1. The first-order chi connectivity index (χ1) is 17.6. The summed E-state index contributed by atoms with van der Waals surface area (Å²) in [5, 5.41) is 7.91. The fraction of sp³-hybridized carbons (Fsp3) is 0.138. The molecule has 5 rings (SSSR count). The summed E-state index contributed by atoms with van der Waals surface area (Å²) in [6, 6.07) is 28.1. The fourth-order valence-electron chi connectivity index (χ4n) is 4.48. The van der Waals surface area contributed by atoms with E-state index in [2.05, 4.69) is 5.32 Å². The number of nitrogens with one attached hydrogen (secondary N) is 1. The molecule has 7 heteroatoms. The van der Waals surface area contributed by atoms with Gasteiger partial charge in [0.25, 0.3) is 0 Å². The number of allylic oxidation sites excluding steroid dienone is 1. The van der Waals surface area contributed by atoms with Gasteiger partial charge in [-0.15, -0.1) is 0 Å². The van der Waals surface area contributed by atoms with Crippen molar-refractivity contribution in [1.82, 2.24) is 20.0 Å². The molecule has 0 radical (unpaired) electrons. The number of carbonyl (C=O) groups excluding carboxylic acids is 2. The van der Waals surface area contributed by atoms with E-state index >= 15 is 0 Å². The number of benzene rings is 3. The molecule has 180 valence electrons. The third-order valence-electron chi connectivity index (χ3n) is 6.31. The molecule has 7 nitrogen and oxygen atoms in total. The summed E-state index contributed by atoms with van der Waals surface area (Å²) in [7, 11) is 1.35. The standard InChI is InChI=1S/C29H26N4O3/c1-20-25(28(34)36-2)27(30-29(35)32(20)18-21-12-6-3-7-13-21)24-19-33(23-16-10-5-11-17-23)31-26(24)22-14-8-4-9-15-22/h3-17,19,27H,18H2,1-2H3,(H,30,35)/t27-/m0/s1. The van der Waals surface area contributed by atoms with E-state index in [0.29, 0.717) is 29.1 Å². The average Bonchev–Trinajstić information content (AvgIpc) is 3.37. The van der Waals surface area contributed by atoms with Crippen LogP contribution in [0.4, 0.5) is 4.79 Å². The fourth-order valence-corrected chi connectivity index (χ4v) is 4.48. The zero-order valence-corrected chi connectivity index (χ0v) is 20.1. The number of aromatic nitrogens is 2. The number of amides is 2. The number of hydrogen-bond donors (Lipinski definition) is 1. The number of para-hydroxylation sites is 1. The van der Waals surface area contributed by atoms with Crippen LogP contribution in [-0.2, 0) is 16.1 Å². The summed E-state index contributed by atoms with van der Waals surface area (Å²) in [5.74, 6) is -0.498. The van der Waals surface area contributed by atoms with Crippen LogP contribution in [0.25, 0.3) is 16.9 Å². The molecule has 1 N–H and O–H groups in total. The molecule has 3 aromatic carbocycles. The van der Waals surface area contributed by atoms with Crippen molar-refractivity contribution >= 4 is 12.0 Å². The third-order valence-corrected chi connectivity index (χ3v) is 6.31. The van der Waals surface area contributed by atoms with Crippen LogP contribution in [0.1, 0.15) is 24.1 Å². The van der Waals surface area contributed by atoms with Gasteiger partial charge in [0.1, 0.15) is 0 Å². The second kappa shape index (κ2) is 9.92. The van der Waals surface area contributed by atoms with E-state index in [1.165, 1.54) is 7.11 Å². The van der Waals surface area contributed by atoms with Gasteiger partial charge in [0.2, 0.25) is 0 Å². The van der Waals surface area contributed by atoms with Crippen molar-refractivity contribution in [2.45, 2.75) is 19.5 Å². The molecule has 0 unspecified atom stereocenters. The molecule has 1 aromatic heterocycles. The smallest absolute Gasteiger partial charge is 0.337 e. The van der Waals surface area contributed by atoms with E-state index in [9.17, 15) is 9.59 Å². The Kier molecular flexibility index (Phi) is 6.36. The Morgan fingerprint density at radius 3 is 2.19 bits per heavy atom. The first kappa shape index (κ1) is 23.1. The molecule has 0 spiro atoms. The van der Waals surface area contributed by atoms with E-state index in [1.54, 1.807) is 16.5 Å². The summed E-state index contributed by atoms with van der Waals surface area (Å²) in [5.41, 5.74) is 5.01. The predicted molar refractivity (Wildman–Crippen MR) is 137 cm³/mol. The average molecular weight is 479 g/mol. The maximum absolute atomic E-state index is 13.4. The van der Waals surface area contributed by atoms with Gasteiger partial charge in [-0.25, -0.2) is 14.3 Å². The lowest BCUT2D eigenvalue weighted by Crippen LogP contribution is -2.47. The van der Waals surface area contributed by atoms with Gasteiger partial charge >= 0.3 is 12.0 Å². The van der Waals surface area contributed by atoms with Gasteiger partial charge in [0.05, 0.1) is 36.7 Å². The number of ether oxygens (including phenoxy) is 1. The quantitative estimate of drug-likeness (QED) is 0.384. The number of rotatable bonds is 6. The van der Waals surface area contributed by atoms with Crippen molar-refractivity contribution in [2.75, 3.05) is 7.11 Å². The van der Waals surface area contributed by atoms with E-state index in [-0.39, 0.29) is 6.03 Å². The Hall–Kier alpha value is -4.65. The minimum Gasteiger partial charge on any atom is -0.466 e. The normalized spacial score (nSPS) is 15.6. The van der Waals surface area contributed by atoms with E-state index in [0.717, 1.165) is 16.8 Å². The number of hydrogen-bond acceptors (Lipinski definition) is 4.